The fourth-order valence-corrected chi connectivity index (χ4v) is 4.48. The van der Waals surface area contributed by atoms with Crippen LogP contribution in [0.2, 0.25) is 0 Å². The number of carbonyl (C=O) groups is 1. The molecule has 0 aromatic heterocycles. The van der Waals surface area contributed by atoms with Crippen LogP contribution >= 0.6 is 11.8 Å². The van der Waals surface area contributed by atoms with Crippen LogP contribution in [0.3, 0.4) is 0 Å². The van der Waals surface area contributed by atoms with Gasteiger partial charge < -0.3 is 4.90 Å². The Morgan fingerprint density at radius 3 is 2.85 bits per heavy atom. The number of hydrogen-bond donors (Lipinski definition) is 0. The van der Waals surface area contributed by atoms with Crippen LogP contribution in [0.25, 0.3) is 0 Å². The van der Waals surface area contributed by atoms with Crippen LogP contribution in [0.5, 0.6) is 0 Å². The lowest BCUT2D eigenvalue weighted by atomic mass is 10.1. The number of fused-ring (bicyclic) bond motifs is 1. The molecule has 0 saturated carbocycles. The third-order valence-electron chi connectivity index (χ3n) is 4.09. The van der Waals surface area contributed by atoms with Crippen molar-refractivity contribution >= 4 is 17.7 Å². The van der Waals surface area contributed by atoms with E-state index in [4.69, 9.17) is 0 Å². The third-order valence-corrected chi connectivity index (χ3v) is 5.39. The summed E-state index contributed by atoms with van der Waals surface area (Å²) in [5.74, 6) is 0.297. The lowest BCUT2D eigenvalue weighted by molar-refractivity contribution is -0.131. The Morgan fingerprint density at radius 1 is 1.35 bits per heavy atom. The van der Waals surface area contributed by atoms with Crippen LogP contribution in [0.1, 0.15) is 18.4 Å². The van der Waals surface area contributed by atoms with Crippen molar-refractivity contribution in [1.82, 2.24) is 9.80 Å². The summed E-state index contributed by atoms with van der Waals surface area (Å²) in [5.41, 5.74) is 1.46. The van der Waals surface area contributed by atoms with Gasteiger partial charge in [0.1, 0.15) is 0 Å². The predicted octanol–water partition coefficient (Wildman–Crippen LogP) is 2.26. The molecule has 1 saturated heterocycles. The summed E-state index contributed by atoms with van der Waals surface area (Å²) in [6.07, 6.45) is 3.47. The van der Waals surface area contributed by atoms with Gasteiger partial charge in [0.2, 0.25) is 5.91 Å². The summed E-state index contributed by atoms with van der Waals surface area (Å²) in [5, 5.41) is 0.587. The lowest BCUT2D eigenvalue weighted by Gasteiger charge is -2.23. The number of likely N-dealkylation sites (tertiary alicyclic amines) is 1. The molecule has 1 atom stereocenters. The highest BCUT2D eigenvalue weighted by molar-refractivity contribution is 8.00. The Hall–Kier alpha value is -1.00. The minimum Gasteiger partial charge on any atom is -0.342 e. The number of benzene rings is 1. The summed E-state index contributed by atoms with van der Waals surface area (Å²) in [6, 6.07) is 8.64. The molecule has 3 rings (SSSR count). The molecule has 4 heteroatoms. The zero-order chi connectivity index (χ0) is 13.9. The highest BCUT2D eigenvalue weighted by Crippen LogP contribution is 2.36. The molecule has 20 heavy (non-hydrogen) atoms. The van der Waals surface area contributed by atoms with Crippen molar-refractivity contribution in [1.29, 1.82) is 0 Å². The van der Waals surface area contributed by atoms with Crippen molar-refractivity contribution in [2.24, 2.45) is 0 Å². The number of amides is 1. The minimum atomic E-state index is 0.297. The van der Waals surface area contributed by atoms with E-state index in [0.717, 1.165) is 26.1 Å². The van der Waals surface area contributed by atoms with Gasteiger partial charge in [-0.05, 0) is 37.9 Å². The van der Waals surface area contributed by atoms with E-state index in [0.29, 0.717) is 17.7 Å². The summed E-state index contributed by atoms with van der Waals surface area (Å²) in [6.45, 7) is 3.46. The molecule has 0 bridgehead atoms. The first-order chi connectivity index (χ1) is 9.72. The molecule has 0 radical (unpaired) electrons. The van der Waals surface area contributed by atoms with Gasteiger partial charge in [0.15, 0.2) is 0 Å². The van der Waals surface area contributed by atoms with E-state index >= 15 is 0 Å². The Bertz CT molecular complexity index is 460. The van der Waals surface area contributed by atoms with Crippen LogP contribution in [0.15, 0.2) is 29.2 Å². The monoisotopic (exact) mass is 290 g/mol. The second kappa shape index (κ2) is 6.19. The van der Waals surface area contributed by atoms with Crippen LogP contribution < -0.4 is 0 Å². The first-order valence-electron chi connectivity index (χ1n) is 7.43. The van der Waals surface area contributed by atoms with Crippen LogP contribution in [0, 0.1) is 0 Å². The highest BCUT2D eigenvalue weighted by atomic mass is 32.2. The predicted molar refractivity (Wildman–Crippen MR) is 83.1 cm³/mol. The Kier molecular flexibility index (Phi) is 4.32. The van der Waals surface area contributed by atoms with Crippen LogP contribution in [0.4, 0.5) is 0 Å². The fourth-order valence-electron chi connectivity index (χ4n) is 3.07. The topological polar surface area (TPSA) is 23.6 Å². The molecule has 1 fully saturated rings. The molecular weight excluding hydrogens is 268 g/mol. The number of carbonyl (C=O) groups excluding carboxylic acids is 1. The van der Waals surface area contributed by atoms with Gasteiger partial charge in [-0.25, -0.2) is 0 Å². The van der Waals surface area contributed by atoms with Crippen molar-refractivity contribution in [2.75, 3.05) is 33.2 Å². The van der Waals surface area contributed by atoms with Gasteiger partial charge in [-0.2, -0.15) is 0 Å². The van der Waals surface area contributed by atoms with Crippen molar-refractivity contribution in [3.05, 3.63) is 29.8 Å². The molecule has 1 aromatic carbocycles. The number of hydrogen-bond acceptors (Lipinski definition) is 3. The second-order valence-corrected chi connectivity index (χ2v) is 7.18. The molecule has 1 unspecified atom stereocenters. The molecule has 1 amide bonds. The SMILES string of the molecule is CN(CC(=O)N1CCCC1)CC1Cc2ccccc2S1. The molecule has 1 aromatic rings. The van der Waals surface area contributed by atoms with E-state index in [-0.39, 0.29) is 0 Å². The maximum atomic E-state index is 12.1. The average Bonchev–Trinajstić information content (AvgIpc) is 3.07. The molecule has 2 heterocycles. The summed E-state index contributed by atoms with van der Waals surface area (Å²) in [7, 11) is 2.07. The van der Waals surface area contributed by atoms with Crippen LogP contribution in [-0.2, 0) is 11.2 Å². The number of thioether (sulfide) groups is 1. The summed E-state index contributed by atoms with van der Waals surface area (Å²) in [4.78, 5) is 17.7. The normalized spacial score (nSPS) is 21.5. The average molecular weight is 290 g/mol. The zero-order valence-corrected chi connectivity index (χ0v) is 12.9. The number of rotatable bonds is 4. The Balaban J connectivity index is 1.48. The van der Waals surface area contributed by atoms with E-state index < -0.39 is 0 Å². The van der Waals surface area contributed by atoms with Crippen molar-refractivity contribution < 1.29 is 4.79 Å². The molecule has 0 spiro atoms. The third kappa shape index (κ3) is 3.18. The van der Waals surface area contributed by atoms with Crippen LogP contribution in [-0.4, -0.2) is 54.2 Å². The molecule has 108 valence electrons. The van der Waals surface area contributed by atoms with Gasteiger partial charge in [0.25, 0.3) is 0 Å². The smallest absolute Gasteiger partial charge is 0.236 e. The van der Waals surface area contributed by atoms with Gasteiger partial charge in [-0.3, -0.25) is 9.69 Å². The van der Waals surface area contributed by atoms with Crippen molar-refractivity contribution in [3.63, 3.8) is 0 Å². The molecule has 3 nitrogen and oxygen atoms in total. The van der Waals surface area contributed by atoms with Gasteiger partial charge in [0.05, 0.1) is 6.54 Å². The Labute approximate surface area is 125 Å². The minimum absolute atomic E-state index is 0.297. The van der Waals surface area contributed by atoms with E-state index in [1.54, 1.807) is 0 Å². The van der Waals surface area contributed by atoms with Gasteiger partial charge in [-0.15, -0.1) is 11.8 Å². The van der Waals surface area contributed by atoms with E-state index in [9.17, 15) is 4.79 Å². The zero-order valence-electron chi connectivity index (χ0n) is 12.0. The molecule has 0 N–H and O–H groups in total. The fraction of sp³-hybridized carbons (Fsp3) is 0.562. The number of likely N-dealkylation sites (N-methyl/N-ethyl adjacent to an activating group) is 1. The lowest BCUT2D eigenvalue weighted by Crippen LogP contribution is -2.39. The van der Waals surface area contributed by atoms with E-state index in [1.165, 1.54) is 23.3 Å². The van der Waals surface area contributed by atoms with Gasteiger partial charge in [-0.1, -0.05) is 18.2 Å². The van der Waals surface area contributed by atoms with Crippen molar-refractivity contribution in [3.8, 4) is 0 Å². The maximum Gasteiger partial charge on any atom is 0.236 e. The second-order valence-electron chi connectivity index (χ2n) is 5.84. The van der Waals surface area contributed by atoms with Gasteiger partial charge >= 0.3 is 0 Å². The molecule has 0 aliphatic carbocycles. The first-order valence-corrected chi connectivity index (χ1v) is 8.31. The summed E-state index contributed by atoms with van der Waals surface area (Å²) >= 11 is 1.96. The van der Waals surface area contributed by atoms with E-state index in [2.05, 4.69) is 36.2 Å². The van der Waals surface area contributed by atoms with Crippen molar-refractivity contribution in [2.45, 2.75) is 29.4 Å². The molecule has 2 aliphatic heterocycles. The first kappa shape index (κ1) is 14.0. The van der Waals surface area contributed by atoms with Gasteiger partial charge in [0, 0.05) is 29.8 Å². The largest absolute Gasteiger partial charge is 0.342 e. The molecule has 2 aliphatic rings. The van der Waals surface area contributed by atoms with E-state index in [1.807, 2.05) is 16.7 Å². The standard InChI is InChI=1S/C16H22N2OS/c1-17(12-16(19)18-8-4-5-9-18)11-14-10-13-6-2-3-7-15(13)20-14/h2-3,6-7,14H,4-5,8-12H2,1H3. The maximum absolute atomic E-state index is 12.1. The quantitative estimate of drug-likeness (QED) is 0.850. The highest BCUT2D eigenvalue weighted by Gasteiger charge is 2.25. The molecular formula is C16H22N2OS. The summed E-state index contributed by atoms with van der Waals surface area (Å²) < 4.78 is 0. The Morgan fingerprint density at radius 2 is 2.10 bits per heavy atom. The number of nitrogens with zero attached hydrogens (tertiary/aromatic N) is 2.